The van der Waals surface area contributed by atoms with E-state index in [1.165, 1.54) is 23.2 Å². The van der Waals surface area contributed by atoms with Crippen molar-refractivity contribution in [3.05, 3.63) is 41.1 Å². The first kappa shape index (κ1) is 8.67. The first-order valence-electron chi connectivity index (χ1n) is 3.61. The Balaban J connectivity index is 2.83. The van der Waals surface area contributed by atoms with Crippen LogP contribution >= 0.6 is 0 Å². The van der Waals surface area contributed by atoms with Gasteiger partial charge in [-0.3, -0.25) is 9.36 Å². The van der Waals surface area contributed by atoms with Gasteiger partial charge in [-0.2, -0.15) is 0 Å². The van der Waals surface area contributed by atoms with Crippen molar-refractivity contribution in [2.45, 2.75) is 6.54 Å². The summed E-state index contributed by atoms with van der Waals surface area (Å²) in [5, 5.41) is 0. The Morgan fingerprint density at radius 3 is 3.08 bits per heavy atom. The summed E-state index contributed by atoms with van der Waals surface area (Å²) in [6.45, 7) is 4.53. The van der Waals surface area contributed by atoms with Crippen LogP contribution < -0.4 is 11.3 Å². The molecule has 0 aromatic carbocycles. The van der Waals surface area contributed by atoms with E-state index in [9.17, 15) is 4.79 Å². The first-order chi connectivity index (χ1) is 5.74. The zero-order valence-corrected chi connectivity index (χ0v) is 6.73. The minimum absolute atomic E-state index is 0.0837. The van der Waals surface area contributed by atoms with Crippen LogP contribution in [-0.4, -0.2) is 16.1 Å². The van der Waals surface area contributed by atoms with Gasteiger partial charge in [-0.05, 0) is 5.57 Å². The number of aromatic nitrogens is 2. The number of nitrogens with two attached hydrogens (primary N) is 1. The van der Waals surface area contributed by atoms with E-state index in [4.69, 9.17) is 5.73 Å². The summed E-state index contributed by atoms with van der Waals surface area (Å²) in [5.74, 6) is 0. The molecule has 0 fully saturated rings. The molecule has 0 aliphatic carbocycles. The Kier molecular flexibility index (Phi) is 2.76. The standard InChI is InChI=1S/C8H11N3O/c1-7(4-9)5-11-6-10-3-2-8(11)12/h2-3,6H,1,4-5,9H2. The van der Waals surface area contributed by atoms with E-state index in [1.54, 1.807) is 0 Å². The molecule has 0 saturated carbocycles. The second kappa shape index (κ2) is 3.82. The van der Waals surface area contributed by atoms with Gasteiger partial charge in [0.1, 0.15) is 0 Å². The SMILES string of the molecule is C=C(CN)Cn1cnccc1=O. The highest BCUT2D eigenvalue weighted by Crippen LogP contribution is 1.89. The van der Waals surface area contributed by atoms with Crippen LogP contribution in [0.15, 0.2) is 35.5 Å². The minimum Gasteiger partial charge on any atom is -0.327 e. The van der Waals surface area contributed by atoms with Crippen molar-refractivity contribution in [1.29, 1.82) is 0 Å². The summed E-state index contributed by atoms with van der Waals surface area (Å²) in [4.78, 5) is 14.9. The number of nitrogens with zero attached hydrogens (tertiary/aromatic N) is 2. The zero-order chi connectivity index (χ0) is 8.97. The molecule has 0 atom stereocenters. The Morgan fingerprint density at radius 1 is 1.75 bits per heavy atom. The number of hydrogen-bond donors (Lipinski definition) is 1. The van der Waals surface area contributed by atoms with E-state index >= 15 is 0 Å². The molecule has 0 unspecified atom stereocenters. The summed E-state index contributed by atoms with van der Waals surface area (Å²) in [6, 6.07) is 1.41. The molecule has 4 heteroatoms. The van der Waals surface area contributed by atoms with Gasteiger partial charge < -0.3 is 5.73 Å². The lowest BCUT2D eigenvalue weighted by molar-refractivity contribution is 0.716. The largest absolute Gasteiger partial charge is 0.327 e. The molecule has 0 spiro atoms. The van der Waals surface area contributed by atoms with E-state index in [2.05, 4.69) is 11.6 Å². The van der Waals surface area contributed by atoms with Gasteiger partial charge in [0, 0.05) is 25.4 Å². The first-order valence-corrected chi connectivity index (χ1v) is 3.61. The van der Waals surface area contributed by atoms with Crippen molar-refractivity contribution in [2.24, 2.45) is 5.73 Å². The van der Waals surface area contributed by atoms with Crippen molar-refractivity contribution in [2.75, 3.05) is 6.54 Å². The van der Waals surface area contributed by atoms with Crippen LogP contribution in [0, 0.1) is 0 Å². The normalized spacial score (nSPS) is 9.75. The van der Waals surface area contributed by atoms with Crippen LogP contribution in [0.2, 0.25) is 0 Å². The maximum Gasteiger partial charge on any atom is 0.253 e. The lowest BCUT2D eigenvalue weighted by Gasteiger charge is -2.04. The van der Waals surface area contributed by atoms with Crippen LogP contribution in [0.1, 0.15) is 0 Å². The predicted molar refractivity (Wildman–Crippen MR) is 46.7 cm³/mol. The van der Waals surface area contributed by atoms with Gasteiger partial charge in [0.05, 0.1) is 6.33 Å². The third-order valence-corrected chi connectivity index (χ3v) is 1.47. The average molecular weight is 165 g/mol. The zero-order valence-electron chi connectivity index (χ0n) is 6.73. The molecule has 2 N–H and O–H groups in total. The molecule has 0 aliphatic rings. The molecule has 1 rings (SSSR count). The Labute approximate surface area is 70.4 Å². The van der Waals surface area contributed by atoms with Crippen LogP contribution in [0.3, 0.4) is 0 Å². The number of hydrogen-bond acceptors (Lipinski definition) is 3. The fourth-order valence-corrected chi connectivity index (χ4v) is 0.803. The second-order valence-electron chi connectivity index (χ2n) is 2.50. The molecule has 0 aliphatic heterocycles. The van der Waals surface area contributed by atoms with E-state index in [0.717, 1.165) is 5.57 Å². The molecular weight excluding hydrogens is 154 g/mol. The fourth-order valence-electron chi connectivity index (χ4n) is 0.803. The lowest BCUT2D eigenvalue weighted by atomic mass is 10.3. The molecule has 0 radical (unpaired) electrons. The van der Waals surface area contributed by atoms with Gasteiger partial charge in [-0.1, -0.05) is 6.58 Å². The topological polar surface area (TPSA) is 60.9 Å². The summed E-state index contributed by atoms with van der Waals surface area (Å²) in [7, 11) is 0. The van der Waals surface area contributed by atoms with Crippen LogP contribution in [-0.2, 0) is 6.54 Å². The maximum absolute atomic E-state index is 11.1. The van der Waals surface area contributed by atoms with E-state index < -0.39 is 0 Å². The fraction of sp³-hybridized carbons (Fsp3) is 0.250. The molecule has 0 bridgehead atoms. The van der Waals surface area contributed by atoms with Gasteiger partial charge >= 0.3 is 0 Å². The molecule has 1 heterocycles. The van der Waals surface area contributed by atoms with E-state index in [0.29, 0.717) is 13.1 Å². The van der Waals surface area contributed by atoms with Crippen LogP contribution in [0.4, 0.5) is 0 Å². The van der Waals surface area contributed by atoms with Gasteiger partial charge in [-0.25, -0.2) is 4.98 Å². The molecule has 0 saturated heterocycles. The van der Waals surface area contributed by atoms with E-state index in [1.807, 2.05) is 0 Å². The van der Waals surface area contributed by atoms with Crippen molar-refractivity contribution >= 4 is 0 Å². The second-order valence-corrected chi connectivity index (χ2v) is 2.50. The summed E-state index contributed by atoms with van der Waals surface area (Å²) < 4.78 is 1.47. The van der Waals surface area contributed by atoms with E-state index in [-0.39, 0.29) is 5.56 Å². The van der Waals surface area contributed by atoms with Gasteiger partial charge in [0.15, 0.2) is 0 Å². The predicted octanol–water partition coefficient (Wildman–Crippen LogP) is -0.242. The maximum atomic E-state index is 11.1. The lowest BCUT2D eigenvalue weighted by Crippen LogP contribution is -2.21. The van der Waals surface area contributed by atoms with Gasteiger partial charge in [0.2, 0.25) is 0 Å². The van der Waals surface area contributed by atoms with Crippen molar-refractivity contribution in [3.8, 4) is 0 Å². The molecule has 64 valence electrons. The molecular formula is C8H11N3O. The van der Waals surface area contributed by atoms with Gasteiger partial charge in [0.25, 0.3) is 5.56 Å². The molecule has 0 amide bonds. The Morgan fingerprint density at radius 2 is 2.50 bits per heavy atom. The van der Waals surface area contributed by atoms with Crippen LogP contribution in [0.5, 0.6) is 0 Å². The minimum atomic E-state index is -0.0837. The highest BCUT2D eigenvalue weighted by atomic mass is 16.1. The molecule has 1 aromatic heterocycles. The highest BCUT2D eigenvalue weighted by Gasteiger charge is 1.95. The summed E-state index contributed by atoms with van der Waals surface area (Å²) >= 11 is 0. The highest BCUT2D eigenvalue weighted by molar-refractivity contribution is 4.97. The smallest absolute Gasteiger partial charge is 0.253 e. The van der Waals surface area contributed by atoms with Crippen LogP contribution in [0.25, 0.3) is 0 Å². The average Bonchev–Trinajstić information content (AvgIpc) is 2.09. The molecule has 4 nitrogen and oxygen atoms in total. The third-order valence-electron chi connectivity index (χ3n) is 1.47. The summed E-state index contributed by atoms with van der Waals surface area (Å²) in [6.07, 6.45) is 2.94. The molecule has 1 aromatic rings. The number of rotatable bonds is 3. The quantitative estimate of drug-likeness (QED) is 0.629. The Hall–Kier alpha value is -1.42. The Bertz CT molecular complexity index is 329. The van der Waals surface area contributed by atoms with Crippen molar-refractivity contribution < 1.29 is 0 Å². The van der Waals surface area contributed by atoms with Crippen molar-refractivity contribution in [3.63, 3.8) is 0 Å². The molecule has 12 heavy (non-hydrogen) atoms. The monoisotopic (exact) mass is 165 g/mol. The third kappa shape index (κ3) is 2.03. The van der Waals surface area contributed by atoms with Crippen molar-refractivity contribution in [1.82, 2.24) is 9.55 Å². The summed E-state index contributed by atoms with van der Waals surface area (Å²) in [5.41, 5.74) is 6.06. The van der Waals surface area contributed by atoms with Gasteiger partial charge in [-0.15, -0.1) is 0 Å².